The minimum Gasteiger partial charge on any atom is -0.497 e. The van der Waals surface area contributed by atoms with Crippen LogP contribution in [0.5, 0.6) is 11.5 Å². The zero-order valence-electron chi connectivity index (χ0n) is 12.5. The zero-order valence-corrected chi connectivity index (χ0v) is 15.7. The summed E-state index contributed by atoms with van der Waals surface area (Å²) in [6.45, 7) is 5.21. The predicted molar refractivity (Wildman–Crippen MR) is 92.2 cm³/mol. The van der Waals surface area contributed by atoms with Crippen LogP contribution < -0.4 is 9.47 Å². The van der Waals surface area contributed by atoms with Crippen LogP contribution in [0.25, 0.3) is 0 Å². The quantitative estimate of drug-likeness (QED) is 0.480. The smallest absolute Gasteiger partial charge is 0.133 e. The first-order valence-electron chi connectivity index (χ1n) is 7.13. The largest absolute Gasteiger partial charge is 0.497 e. The summed E-state index contributed by atoms with van der Waals surface area (Å²) in [6, 6.07) is 5.82. The lowest BCUT2D eigenvalue weighted by Gasteiger charge is -2.31. The van der Waals surface area contributed by atoms with E-state index in [1.165, 1.54) is 25.7 Å². The summed E-state index contributed by atoms with van der Waals surface area (Å²) < 4.78 is 12.2. The first kappa shape index (κ1) is 17.8. The number of hydrogen-bond acceptors (Lipinski definition) is 2. The van der Waals surface area contributed by atoms with Crippen molar-refractivity contribution in [3.63, 3.8) is 0 Å². The normalized spacial score (nSPS) is 11.4. The summed E-state index contributed by atoms with van der Waals surface area (Å²) >= 11 is 7.22. The van der Waals surface area contributed by atoms with Crippen LogP contribution in [0.1, 0.15) is 39.5 Å². The van der Waals surface area contributed by atoms with Gasteiger partial charge in [0.2, 0.25) is 0 Å². The van der Waals surface area contributed by atoms with Gasteiger partial charge < -0.3 is 9.47 Å². The minimum atomic E-state index is 0.225. The molecule has 0 aliphatic rings. The van der Waals surface area contributed by atoms with Gasteiger partial charge in [-0.15, -0.1) is 0 Å². The lowest BCUT2D eigenvalue weighted by atomic mass is 9.82. The molecule has 0 saturated carbocycles. The molecule has 1 aromatic carbocycles. The van der Waals surface area contributed by atoms with E-state index in [2.05, 4.69) is 45.7 Å². The highest BCUT2D eigenvalue weighted by molar-refractivity contribution is 9.10. The van der Waals surface area contributed by atoms with Gasteiger partial charge in [-0.3, -0.25) is 0 Å². The van der Waals surface area contributed by atoms with Gasteiger partial charge in [0.1, 0.15) is 11.5 Å². The van der Waals surface area contributed by atoms with Crippen LogP contribution in [-0.4, -0.2) is 19.0 Å². The number of ether oxygens (including phenoxy) is 2. The number of alkyl halides is 1. The van der Waals surface area contributed by atoms with E-state index in [0.717, 1.165) is 27.9 Å². The molecule has 0 fully saturated rings. The standard InChI is InChI=1S/C16H24Br2O2/c1-4-8-16(11-17,9-5-2)12-20-15-7-6-13(19-3)10-14(15)18/h6-7,10H,4-5,8-9,11-12H2,1-3H3. The number of benzene rings is 1. The van der Waals surface area contributed by atoms with Crippen LogP contribution >= 0.6 is 31.9 Å². The first-order chi connectivity index (χ1) is 9.60. The van der Waals surface area contributed by atoms with Gasteiger partial charge in [0, 0.05) is 10.7 Å². The molecule has 4 heteroatoms. The Kier molecular flexibility index (Phi) is 7.96. The lowest BCUT2D eigenvalue weighted by Crippen LogP contribution is -2.30. The molecule has 0 bridgehead atoms. The second-order valence-corrected chi connectivity index (χ2v) is 6.63. The third kappa shape index (κ3) is 4.96. The summed E-state index contributed by atoms with van der Waals surface area (Å²) in [5, 5.41) is 0.982. The van der Waals surface area contributed by atoms with Gasteiger partial charge in [0.25, 0.3) is 0 Å². The molecule has 0 amide bonds. The Morgan fingerprint density at radius 1 is 1.15 bits per heavy atom. The van der Waals surface area contributed by atoms with Gasteiger partial charge in [-0.25, -0.2) is 0 Å². The maximum absolute atomic E-state index is 6.07. The van der Waals surface area contributed by atoms with E-state index in [1.54, 1.807) is 7.11 Å². The fraction of sp³-hybridized carbons (Fsp3) is 0.625. The topological polar surface area (TPSA) is 18.5 Å². The summed E-state index contributed by atoms with van der Waals surface area (Å²) in [7, 11) is 1.67. The van der Waals surface area contributed by atoms with Crippen molar-refractivity contribution in [2.75, 3.05) is 19.0 Å². The van der Waals surface area contributed by atoms with E-state index in [9.17, 15) is 0 Å². The van der Waals surface area contributed by atoms with Gasteiger partial charge in [0.15, 0.2) is 0 Å². The minimum absolute atomic E-state index is 0.225. The second-order valence-electron chi connectivity index (χ2n) is 5.22. The molecule has 20 heavy (non-hydrogen) atoms. The molecule has 0 radical (unpaired) electrons. The molecule has 1 aromatic rings. The third-order valence-electron chi connectivity index (χ3n) is 3.52. The van der Waals surface area contributed by atoms with Gasteiger partial charge in [0.05, 0.1) is 18.2 Å². The van der Waals surface area contributed by atoms with Crippen molar-refractivity contribution in [3.8, 4) is 11.5 Å². The van der Waals surface area contributed by atoms with E-state index in [4.69, 9.17) is 9.47 Å². The molecule has 0 unspecified atom stereocenters. The monoisotopic (exact) mass is 406 g/mol. The number of methoxy groups -OCH3 is 1. The van der Waals surface area contributed by atoms with Crippen molar-refractivity contribution >= 4 is 31.9 Å². The fourth-order valence-electron chi connectivity index (χ4n) is 2.46. The SMILES string of the molecule is CCCC(CBr)(CCC)COc1ccc(OC)cc1Br. The Hall–Kier alpha value is -0.220. The van der Waals surface area contributed by atoms with Crippen molar-refractivity contribution in [2.24, 2.45) is 5.41 Å². The first-order valence-corrected chi connectivity index (χ1v) is 9.04. The van der Waals surface area contributed by atoms with E-state index in [1.807, 2.05) is 18.2 Å². The van der Waals surface area contributed by atoms with E-state index in [-0.39, 0.29) is 5.41 Å². The van der Waals surface area contributed by atoms with Gasteiger partial charge >= 0.3 is 0 Å². The average molecular weight is 408 g/mol. The second kappa shape index (κ2) is 8.93. The van der Waals surface area contributed by atoms with Gasteiger partial charge in [-0.2, -0.15) is 0 Å². The van der Waals surface area contributed by atoms with Crippen molar-refractivity contribution in [1.29, 1.82) is 0 Å². The maximum atomic E-state index is 6.07. The summed E-state index contributed by atoms with van der Waals surface area (Å²) in [5.74, 6) is 1.71. The number of rotatable bonds is 9. The van der Waals surface area contributed by atoms with E-state index in [0.29, 0.717) is 0 Å². The molecule has 1 rings (SSSR count). The fourth-order valence-corrected chi connectivity index (χ4v) is 3.65. The highest BCUT2D eigenvalue weighted by Gasteiger charge is 2.28. The molecule has 0 atom stereocenters. The molecule has 0 heterocycles. The number of hydrogen-bond donors (Lipinski definition) is 0. The lowest BCUT2D eigenvalue weighted by molar-refractivity contribution is 0.144. The Morgan fingerprint density at radius 2 is 1.80 bits per heavy atom. The van der Waals surface area contributed by atoms with Crippen LogP contribution in [0, 0.1) is 5.41 Å². The van der Waals surface area contributed by atoms with E-state index >= 15 is 0 Å². The highest BCUT2D eigenvalue weighted by Crippen LogP contribution is 2.35. The van der Waals surface area contributed by atoms with Crippen molar-refractivity contribution < 1.29 is 9.47 Å². The molecule has 0 aliphatic carbocycles. The molecule has 114 valence electrons. The molecule has 0 aliphatic heterocycles. The van der Waals surface area contributed by atoms with Crippen molar-refractivity contribution in [1.82, 2.24) is 0 Å². The molecule has 2 nitrogen and oxygen atoms in total. The number of halogens is 2. The molecule has 0 aromatic heterocycles. The average Bonchev–Trinajstić information content (AvgIpc) is 2.46. The van der Waals surface area contributed by atoms with E-state index < -0.39 is 0 Å². The summed E-state index contributed by atoms with van der Waals surface area (Å²) in [5.41, 5.74) is 0.225. The Bertz CT molecular complexity index is 401. The van der Waals surface area contributed by atoms with Crippen LogP contribution in [0.15, 0.2) is 22.7 Å². The Morgan fingerprint density at radius 3 is 2.25 bits per heavy atom. The molecule has 0 spiro atoms. The van der Waals surface area contributed by atoms with Crippen LogP contribution in [-0.2, 0) is 0 Å². The summed E-state index contributed by atoms with van der Waals surface area (Å²) in [4.78, 5) is 0. The van der Waals surface area contributed by atoms with Crippen molar-refractivity contribution in [2.45, 2.75) is 39.5 Å². The molecule has 0 saturated heterocycles. The van der Waals surface area contributed by atoms with Gasteiger partial charge in [-0.1, -0.05) is 42.6 Å². The zero-order chi connectivity index (χ0) is 15.0. The Labute approximate surface area is 139 Å². The highest BCUT2D eigenvalue weighted by atomic mass is 79.9. The maximum Gasteiger partial charge on any atom is 0.133 e. The Balaban J connectivity index is 2.76. The molecule has 0 N–H and O–H groups in total. The van der Waals surface area contributed by atoms with Crippen molar-refractivity contribution in [3.05, 3.63) is 22.7 Å². The van der Waals surface area contributed by atoms with Crippen LogP contribution in [0.3, 0.4) is 0 Å². The predicted octanol–water partition coefficient (Wildman–Crippen LogP) is 5.82. The summed E-state index contributed by atoms with van der Waals surface area (Å²) in [6.07, 6.45) is 4.72. The van der Waals surface area contributed by atoms with Gasteiger partial charge in [-0.05, 0) is 47.0 Å². The molecular weight excluding hydrogens is 384 g/mol. The van der Waals surface area contributed by atoms with Crippen LogP contribution in [0.4, 0.5) is 0 Å². The third-order valence-corrected chi connectivity index (χ3v) is 5.33. The molecular formula is C16H24Br2O2. The van der Waals surface area contributed by atoms with Crippen LogP contribution in [0.2, 0.25) is 0 Å².